The molecule has 8 nitrogen and oxygen atoms in total. The molecular formula is C24H25N5O3. The fourth-order valence-corrected chi connectivity index (χ4v) is 3.85. The van der Waals surface area contributed by atoms with Gasteiger partial charge in [0.25, 0.3) is 5.91 Å². The van der Waals surface area contributed by atoms with Gasteiger partial charge in [-0.2, -0.15) is 0 Å². The summed E-state index contributed by atoms with van der Waals surface area (Å²) in [5.41, 5.74) is 2.83. The molecule has 1 saturated heterocycles. The van der Waals surface area contributed by atoms with Crippen LogP contribution in [0, 0.1) is 6.92 Å². The number of carbonyl (C=O) groups excluding carboxylic acids is 2. The Morgan fingerprint density at radius 2 is 1.94 bits per heavy atom. The van der Waals surface area contributed by atoms with Crippen LogP contribution in [0.2, 0.25) is 0 Å². The Labute approximate surface area is 186 Å². The van der Waals surface area contributed by atoms with E-state index >= 15 is 0 Å². The third-order valence-corrected chi connectivity index (χ3v) is 5.27. The van der Waals surface area contributed by atoms with Gasteiger partial charge in [-0.15, -0.1) is 0 Å². The topological polar surface area (TPSA) is 97.3 Å². The van der Waals surface area contributed by atoms with Crippen LogP contribution in [0.5, 0.6) is 11.5 Å². The van der Waals surface area contributed by atoms with E-state index in [0.29, 0.717) is 36.0 Å². The maximum Gasteiger partial charge on any atom is 0.274 e. The number of amides is 2. The third-order valence-electron chi connectivity index (χ3n) is 5.27. The third kappa shape index (κ3) is 5.26. The van der Waals surface area contributed by atoms with E-state index in [1.54, 1.807) is 18.3 Å². The van der Waals surface area contributed by atoms with Crippen molar-refractivity contribution in [1.82, 2.24) is 19.9 Å². The Hall–Kier alpha value is -3.81. The molecule has 8 heteroatoms. The second-order valence-corrected chi connectivity index (χ2v) is 7.86. The maximum atomic E-state index is 12.8. The summed E-state index contributed by atoms with van der Waals surface area (Å²) in [6.45, 7) is 4.68. The SMILES string of the molecule is CC(=O)Nc1ccc(Oc2cc(C)nc(C3CCCN(C(=O)c4cnccn4)C3)c2)cc1. The van der Waals surface area contributed by atoms with Crippen molar-refractivity contribution in [3.63, 3.8) is 0 Å². The van der Waals surface area contributed by atoms with Crippen molar-refractivity contribution in [2.45, 2.75) is 32.6 Å². The van der Waals surface area contributed by atoms with Crippen LogP contribution in [0.4, 0.5) is 5.69 Å². The summed E-state index contributed by atoms with van der Waals surface area (Å²) in [5.74, 6) is 1.25. The minimum Gasteiger partial charge on any atom is -0.457 e. The van der Waals surface area contributed by atoms with E-state index in [0.717, 1.165) is 24.2 Å². The summed E-state index contributed by atoms with van der Waals surface area (Å²) in [5, 5.41) is 2.74. The Balaban J connectivity index is 1.48. The lowest BCUT2D eigenvalue weighted by atomic mass is 9.93. The molecule has 2 amide bonds. The van der Waals surface area contributed by atoms with E-state index in [1.807, 2.05) is 36.1 Å². The van der Waals surface area contributed by atoms with Crippen molar-refractivity contribution >= 4 is 17.5 Å². The number of rotatable bonds is 5. The van der Waals surface area contributed by atoms with E-state index in [4.69, 9.17) is 9.72 Å². The fourth-order valence-electron chi connectivity index (χ4n) is 3.85. The smallest absolute Gasteiger partial charge is 0.274 e. The highest BCUT2D eigenvalue weighted by atomic mass is 16.5. The molecule has 1 atom stereocenters. The summed E-state index contributed by atoms with van der Waals surface area (Å²) in [7, 11) is 0. The van der Waals surface area contributed by atoms with Crippen molar-refractivity contribution in [3.05, 3.63) is 72.1 Å². The Morgan fingerprint density at radius 3 is 2.66 bits per heavy atom. The van der Waals surface area contributed by atoms with Gasteiger partial charge in [0.1, 0.15) is 17.2 Å². The molecule has 0 aliphatic carbocycles. The summed E-state index contributed by atoms with van der Waals surface area (Å²) in [6.07, 6.45) is 6.43. The van der Waals surface area contributed by atoms with E-state index in [9.17, 15) is 9.59 Å². The molecule has 1 aliphatic rings. The van der Waals surface area contributed by atoms with Gasteiger partial charge in [0.2, 0.25) is 5.91 Å². The lowest BCUT2D eigenvalue weighted by molar-refractivity contribution is -0.114. The first kappa shape index (κ1) is 21.4. The lowest BCUT2D eigenvalue weighted by Crippen LogP contribution is -2.39. The van der Waals surface area contributed by atoms with Gasteiger partial charge in [-0.25, -0.2) is 4.98 Å². The minimum absolute atomic E-state index is 0.105. The summed E-state index contributed by atoms with van der Waals surface area (Å²) < 4.78 is 6.04. The molecular weight excluding hydrogens is 406 g/mol. The standard InChI is InChI=1S/C24H25N5O3/c1-16-12-21(32-20-7-5-19(6-8-20)28-17(2)30)13-22(27-16)18-4-3-11-29(15-18)24(31)23-14-25-9-10-26-23/h5-10,12-14,18H,3-4,11,15H2,1-2H3,(H,28,30). The van der Waals surface area contributed by atoms with Gasteiger partial charge in [-0.05, 0) is 44.0 Å². The van der Waals surface area contributed by atoms with Crippen LogP contribution in [0.15, 0.2) is 55.0 Å². The number of aryl methyl sites for hydroxylation is 1. The number of piperidine rings is 1. The number of pyridine rings is 1. The number of hydrogen-bond donors (Lipinski definition) is 1. The number of benzene rings is 1. The number of likely N-dealkylation sites (tertiary alicyclic amines) is 1. The number of aromatic nitrogens is 3. The van der Waals surface area contributed by atoms with Crippen LogP contribution in [-0.2, 0) is 4.79 Å². The largest absolute Gasteiger partial charge is 0.457 e. The number of anilines is 1. The second kappa shape index (κ2) is 9.55. The van der Waals surface area contributed by atoms with Crippen molar-refractivity contribution in [1.29, 1.82) is 0 Å². The number of hydrogen-bond acceptors (Lipinski definition) is 6. The molecule has 1 fully saturated rings. The molecule has 3 heterocycles. The first-order valence-electron chi connectivity index (χ1n) is 10.6. The predicted molar refractivity (Wildman–Crippen MR) is 120 cm³/mol. The van der Waals surface area contributed by atoms with Crippen LogP contribution in [0.25, 0.3) is 0 Å². The fraction of sp³-hybridized carbons (Fsp3) is 0.292. The summed E-state index contributed by atoms with van der Waals surface area (Å²) in [4.78, 5) is 38.7. The molecule has 32 heavy (non-hydrogen) atoms. The van der Waals surface area contributed by atoms with Gasteiger partial charge in [-0.3, -0.25) is 19.6 Å². The molecule has 3 aromatic rings. The van der Waals surface area contributed by atoms with Crippen molar-refractivity contribution in [2.75, 3.05) is 18.4 Å². The zero-order valence-electron chi connectivity index (χ0n) is 18.1. The number of ether oxygens (including phenoxy) is 1. The first-order valence-corrected chi connectivity index (χ1v) is 10.6. The number of carbonyl (C=O) groups is 2. The molecule has 4 rings (SSSR count). The second-order valence-electron chi connectivity index (χ2n) is 7.86. The van der Waals surface area contributed by atoms with Gasteiger partial charge >= 0.3 is 0 Å². The Bertz CT molecular complexity index is 1100. The van der Waals surface area contributed by atoms with Gasteiger partial charge in [0.15, 0.2) is 0 Å². The molecule has 1 unspecified atom stereocenters. The van der Waals surface area contributed by atoms with Gasteiger partial charge in [0.05, 0.1) is 6.20 Å². The van der Waals surface area contributed by atoms with E-state index < -0.39 is 0 Å². The highest BCUT2D eigenvalue weighted by Crippen LogP contribution is 2.31. The van der Waals surface area contributed by atoms with E-state index in [2.05, 4.69) is 15.3 Å². The zero-order chi connectivity index (χ0) is 22.5. The molecule has 1 N–H and O–H groups in total. The maximum absolute atomic E-state index is 12.8. The molecule has 164 valence electrons. The van der Waals surface area contributed by atoms with E-state index in [1.165, 1.54) is 19.3 Å². The summed E-state index contributed by atoms with van der Waals surface area (Å²) >= 11 is 0. The van der Waals surface area contributed by atoms with Crippen molar-refractivity contribution < 1.29 is 14.3 Å². The highest BCUT2D eigenvalue weighted by molar-refractivity contribution is 5.92. The monoisotopic (exact) mass is 431 g/mol. The molecule has 0 spiro atoms. The normalized spacial score (nSPS) is 15.8. The van der Waals surface area contributed by atoms with Gasteiger partial charge in [0, 0.05) is 67.5 Å². The average Bonchev–Trinajstić information content (AvgIpc) is 2.80. The quantitative estimate of drug-likeness (QED) is 0.657. The lowest BCUT2D eigenvalue weighted by Gasteiger charge is -2.32. The molecule has 0 bridgehead atoms. The average molecular weight is 431 g/mol. The van der Waals surface area contributed by atoms with Crippen LogP contribution in [-0.4, -0.2) is 44.8 Å². The van der Waals surface area contributed by atoms with Crippen molar-refractivity contribution in [2.24, 2.45) is 0 Å². The Morgan fingerprint density at radius 1 is 1.12 bits per heavy atom. The Kier molecular flexibility index (Phi) is 6.39. The van der Waals surface area contributed by atoms with Crippen molar-refractivity contribution in [3.8, 4) is 11.5 Å². The molecule has 0 saturated carbocycles. The van der Waals surface area contributed by atoms with Crippen LogP contribution >= 0.6 is 0 Å². The van der Waals surface area contributed by atoms with Crippen LogP contribution in [0.3, 0.4) is 0 Å². The zero-order valence-corrected chi connectivity index (χ0v) is 18.1. The van der Waals surface area contributed by atoms with Gasteiger partial charge in [-0.1, -0.05) is 0 Å². The van der Waals surface area contributed by atoms with Gasteiger partial charge < -0.3 is 15.0 Å². The van der Waals surface area contributed by atoms with E-state index in [-0.39, 0.29) is 17.7 Å². The van der Waals surface area contributed by atoms with Crippen LogP contribution < -0.4 is 10.1 Å². The minimum atomic E-state index is -0.118. The molecule has 2 aromatic heterocycles. The number of nitrogens with zero attached hydrogens (tertiary/aromatic N) is 4. The predicted octanol–water partition coefficient (Wildman–Crippen LogP) is 3.95. The summed E-state index contributed by atoms with van der Waals surface area (Å²) in [6, 6.07) is 11.0. The molecule has 1 aliphatic heterocycles. The van der Waals surface area contributed by atoms with Crippen LogP contribution in [0.1, 0.15) is 47.6 Å². The first-order chi connectivity index (χ1) is 15.5. The molecule has 1 aromatic carbocycles. The number of nitrogens with one attached hydrogen (secondary N) is 1. The molecule has 0 radical (unpaired) electrons. The highest BCUT2D eigenvalue weighted by Gasteiger charge is 2.27.